The SMILES string of the molecule is O=C(O)c1cc(OCc2ccccc2)cc(OCc2ccccc2)c1C(=O)c1c(OCc2ccccc2)c2c3cc1n2-3. The van der Waals surface area contributed by atoms with Gasteiger partial charge in [-0.15, -0.1) is 0 Å². The molecule has 0 aliphatic carbocycles. The van der Waals surface area contributed by atoms with Crippen molar-refractivity contribution in [1.29, 1.82) is 0 Å². The molecule has 0 spiro atoms. The van der Waals surface area contributed by atoms with E-state index in [4.69, 9.17) is 14.2 Å². The van der Waals surface area contributed by atoms with E-state index in [0.717, 1.165) is 27.9 Å². The zero-order valence-corrected chi connectivity index (χ0v) is 22.4. The fourth-order valence-electron chi connectivity index (χ4n) is 5.21. The Balaban J connectivity index is 1.27. The summed E-state index contributed by atoms with van der Waals surface area (Å²) < 4.78 is 20.3. The molecule has 0 bridgehead atoms. The predicted octanol–water partition coefficient (Wildman–Crippen LogP) is 7.05. The number of rotatable bonds is 12. The van der Waals surface area contributed by atoms with Crippen molar-refractivity contribution in [3.05, 3.63) is 143 Å². The van der Waals surface area contributed by atoms with Crippen molar-refractivity contribution in [1.82, 2.24) is 4.57 Å². The van der Waals surface area contributed by atoms with Gasteiger partial charge in [0, 0.05) is 6.07 Å². The van der Waals surface area contributed by atoms with Crippen molar-refractivity contribution >= 4 is 22.8 Å². The van der Waals surface area contributed by atoms with Crippen LogP contribution in [-0.2, 0) is 19.8 Å². The topological polar surface area (TPSA) is 87.0 Å². The average Bonchev–Trinajstić information content (AvgIpc) is 3.52. The molecule has 2 aliphatic rings. The fraction of sp³-hybridized carbons (Fsp3) is 0.0857. The first-order valence-electron chi connectivity index (χ1n) is 13.6. The van der Waals surface area contributed by atoms with Crippen LogP contribution in [0.3, 0.4) is 0 Å². The third-order valence-electron chi connectivity index (χ3n) is 7.34. The summed E-state index contributed by atoms with van der Waals surface area (Å²) in [5, 5.41) is 10.3. The van der Waals surface area contributed by atoms with Crippen molar-refractivity contribution < 1.29 is 28.9 Å². The number of carboxylic acids is 1. The summed E-state index contributed by atoms with van der Waals surface area (Å²) in [5.41, 5.74) is 5.44. The fourth-order valence-corrected chi connectivity index (χ4v) is 5.21. The molecule has 0 amide bonds. The number of carboxylic acid groups (broad SMARTS) is 1. The highest BCUT2D eigenvalue weighted by Gasteiger charge is 2.41. The smallest absolute Gasteiger partial charge is 0.336 e. The third kappa shape index (κ3) is 4.61. The number of aromatic nitrogens is 1. The van der Waals surface area contributed by atoms with Gasteiger partial charge in [0.25, 0.3) is 0 Å². The average molecular weight is 556 g/mol. The first kappa shape index (κ1) is 25.4. The van der Waals surface area contributed by atoms with Crippen LogP contribution < -0.4 is 14.2 Å². The van der Waals surface area contributed by atoms with Crippen LogP contribution in [0.15, 0.2) is 109 Å². The second-order valence-corrected chi connectivity index (χ2v) is 10.1. The number of fused-ring (bicyclic) bond motifs is 1. The Kier molecular flexibility index (Phi) is 6.32. The van der Waals surface area contributed by atoms with E-state index in [1.807, 2.05) is 102 Å². The van der Waals surface area contributed by atoms with E-state index in [1.165, 1.54) is 6.07 Å². The quantitative estimate of drug-likeness (QED) is 0.163. The van der Waals surface area contributed by atoms with Crippen molar-refractivity contribution in [3.63, 3.8) is 0 Å². The van der Waals surface area contributed by atoms with Crippen LogP contribution in [0.4, 0.5) is 0 Å². The van der Waals surface area contributed by atoms with Crippen molar-refractivity contribution in [3.8, 4) is 22.9 Å². The second-order valence-electron chi connectivity index (χ2n) is 10.1. The van der Waals surface area contributed by atoms with Crippen LogP contribution in [0, 0.1) is 0 Å². The summed E-state index contributed by atoms with van der Waals surface area (Å²) in [7, 11) is 0. The highest BCUT2D eigenvalue weighted by molar-refractivity contribution is 6.26. The first-order chi connectivity index (χ1) is 20.6. The molecule has 3 heterocycles. The van der Waals surface area contributed by atoms with E-state index in [-0.39, 0.29) is 42.4 Å². The molecule has 0 atom stereocenters. The largest absolute Gasteiger partial charge is 0.489 e. The maximum Gasteiger partial charge on any atom is 0.336 e. The number of carbonyl (C=O) groups excluding carboxylic acids is 1. The van der Waals surface area contributed by atoms with Gasteiger partial charge >= 0.3 is 5.97 Å². The minimum atomic E-state index is -1.26. The Morgan fingerprint density at radius 1 is 0.643 bits per heavy atom. The molecule has 0 saturated carbocycles. The van der Waals surface area contributed by atoms with Gasteiger partial charge < -0.3 is 23.9 Å². The highest BCUT2D eigenvalue weighted by Crippen LogP contribution is 2.54. The Morgan fingerprint density at radius 2 is 1.19 bits per heavy atom. The van der Waals surface area contributed by atoms with Gasteiger partial charge in [0.15, 0.2) is 5.75 Å². The maximum atomic E-state index is 14.3. The Bertz CT molecular complexity index is 1910. The lowest BCUT2D eigenvalue weighted by Crippen LogP contribution is -2.15. The van der Waals surface area contributed by atoms with E-state index < -0.39 is 11.8 Å². The molecule has 7 heteroatoms. The number of hydrogen-bond donors (Lipinski definition) is 1. The maximum absolute atomic E-state index is 14.3. The van der Waals surface area contributed by atoms with Gasteiger partial charge in [0.1, 0.15) is 36.8 Å². The third-order valence-corrected chi connectivity index (χ3v) is 7.34. The van der Waals surface area contributed by atoms with Gasteiger partial charge in [-0.05, 0) is 28.8 Å². The van der Waals surface area contributed by atoms with Crippen molar-refractivity contribution in [2.24, 2.45) is 0 Å². The second kappa shape index (κ2) is 10.4. The van der Waals surface area contributed by atoms with E-state index in [1.54, 1.807) is 6.07 Å². The lowest BCUT2D eigenvalue weighted by atomic mass is 9.95. The van der Waals surface area contributed by atoms with Crippen LogP contribution in [0.1, 0.15) is 43.0 Å². The molecular weight excluding hydrogens is 530 g/mol. The first-order valence-corrected chi connectivity index (χ1v) is 13.6. The standard InChI is InChI=1S/C35H25NO6/c37-33(31-27-18-28-32(36(27)28)34(31)42-21-24-14-8-3-9-15-24)30-26(35(38)39)16-25(40-19-22-10-4-1-5-11-22)17-29(30)41-20-23-12-6-2-7-13-23/h1-18H,19-21H2,(H,38,39). The highest BCUT2D eigenvalue weighted by atomic mass is 16.5. The number of pyridine rings is 1. The van der Waals surface area contributed by atoms with Crippen LogP contribution in [0.2, 0.25) is 0 Å². The van der Waals surface area contributed by atoms with Gasteiger partial charge in [-0.2, -0.15) is 0 Å². The van der Waals surface area contributed by atoms with Gasteiger partial charge in [-0.1, -0.05) is 91.0 Å². The minimum Gasteiger partial charge on any atom is -0.489 e. The van der Waals surface area contributed by atoms with Crippen LogP contribution >= 0.6 is 0 Å². The molecule has 4 aromatic carbocycles. The molecule has 5 aromatic rings. The summed E-state index contributed by atoms with van der Waals surface area (Å²) in [5.74, 6) is -0.849. The number of aromatic carboxylic acids is 1. The molecule has 7 rings (SSSR count). The number of carbonyl (C=O) groups is 2. The van der Waals surface area contributed by atoms with E-state index in [9.17, 15) is 14.7 Å². The number of benzene rings is 5. The van der Waals surface area contributed by atoms with Gasteiger partial charge in [-0.25, -0.2) is 4.79 Å². The molecule has 7 nitrogen and oxygen atoms in total. The molecule has 0 fully saturated rings. The van der Waals surface area contributed by atoms with Crippen LogP contribution in [-0.4, -0.2) is 21.4 Å². The van der Waals surface area contributed by atoms with E-state index >= 15 is 0 Å². The van der Waals surface area contributed by atoms with Crippen LogP contribution in [0.25, 0.3) is 16.7 Å². The van der Waals surface area contributed by atoms with E-state index in [0.29, 0.717) is 16.8 Å². The Labute approximate surface area is 241 Å². The predicted molar refractivity (Wildman–Crippen MR) is 157 cm³/mol. The summed E-state index contributed by atoms with van der Waals surface area (Å²) in [6, 6.07) is 33.6. The Morgan fingerprint density at radius 3 is 1.76 bits per heavy atom. The molecule has 0 unspecified atom stereocenters. The summed E-state index contributed by atoms with van der Waals surface area (Å²) >= 11 is 0. The molecule has 42 heavy (non-hydrogen) atoms. The van der Waals surface area contributed by atoms with Crippen LogP contribution in [0.5, 0.6) is 17.2 Å². The molecular formula is C35H25NO6. The molecule has 1 N–H and O–H groups in total. The van der Waals surface area contributed by atoms with Gasteiger partial charge in [0.05, 0.1) is 27.9 Å². The molecule has 1 aromatic heterocycles. The summed E-state index contributed by atoms with van der Waals surface area (Å²) in [6.45, 7) is 0.649. The molecule has 0 radical (unpaired) electrons. The lowest BCUT2D eigenvalue weighted by molar-refractivity contribution is 0.0691. The molecule has 206 valence electrons. The Hall–Kier alpha value is -5.56. The number of hydrogen-bond acceptors (Lipinski definition) is 5. The monoisotopic (exact) mass is 555 g/mol. The number of nitrogens with zero attached hydrogens (tertiary/aromatic N) is 1. The van der Waals surface area contributed by atoms with E-state index in [2.05, 4.69) is 0 Å². The zero-order chi connectivity index (χ0) is 28.6. The lowest BCUT2D eigenvalue weighted by Gasteiger charge is -2.17. The summed E-state index contributed by atoms with van der Waals surface area (Å²) in [4.78, 5) is 26.9. The van der Waals surface area contributed by atoms with Crippen molar-refractivity contribution in [2.75, 3.05) is 0 Å². The summed E-state index contributed by atoms with van der Waals surface area (Å²) in [6.07, 6.45) is 0. The normalized spacial score (nSPS) is 11.4. The van der Waals surface area contributed by atoms with Gasteiger partial charge in [0.2, 0.25) is 5.78 Å². The molecule has 0 saturated heterocycles. The van der Waals surface area contributed by atoms with Gasteiger partial charge in [-0.3, -0.25) is 4.79 Å². The molecule has 2 aliphatic heterocycles. The number of ketones is 1. The van der Waals surface area contributed by atoms with Crippen molar-refractivity contribution in [2.45, 2.75) is 19.8 Å². The zero-order valence-electron chi connectivity index (χ0n) is 22.4. The number of ether oxygens (including phenoxy) is 3. The minimum absolute atomic E-state index is 0.0428.